The van der Waals surface area contributed by atoms with Crippen molar-refractivity contribution < 1.29 is 0 Å². The van der Waals surface area contributed by atoms with E-state index in [0.717, 1.165) is 28.2 Å². The SMILES string of the molecule is S=C(N/N=C/c1ccc(N(c2ccccc2)c2ccccc2)cc1)c1ccccc1. The lowest BCUT2D eigenvalue weighted by molar-refractivity contribution is 1.06. The van der Waals surface area contributed by atoms with Gasteiger partial charge in [-0.05, 0) is 42.0 Å². The summed E-state index contributed by atoms with van der Waals surface area (Å²) in [5.74, 6) is 0. The Kier molecular flexibility index (Phi) is 6.28. The van der Waals surface area contributed by atoms with Crippen LogP contribution in [0.3, 0.4) is 0 Å². The number of hydrogen-bond acceptors (Lipinski definition) is 3. The summed E-state index contributed by atoms with van der Waals surface area (Å²) in [5.41, 5.74) is 8.16. The van der Waals surface area contributed by atoms with Crippen LogP contribution < -0.4 is 10.3 Å². The van der Waals surface area contributed by atoms with Crippen LogP contribution in [-0.4, -0.2) is 11.2 Å². The van der Waals surface area contributed by atoms with Crippen LogP contribution in [0.15, 0.2) is 120 Å². The van der Waals surface area contributed by atoms with E-state index in [1.54, 1.807) is 6.21 Å². The molecule has 0 amide bonds. The fourth-order valence-corrected chi connectivity index (χ4v) is 3.32. The molecule has 0 radical (unpaired) electrons. The number of hydrazone groups is 1. The number of thiocarbonyl (C=S) groups is 1. The van der Waals surface area contributed by atoms with Crippen LogP contribution in [0.4, 0.5) is 17.1 Å². The lowest BCUT2D eigenvalue weighted by atomic mass is 10.1. The summed E-state index contributed by atoms with van der Waals surface area (Å²) in [7, 11) is 0. The minimum absolute atomic E-state index is 0.600. The molecule has 4 heteroatoms. The van der Waals surface area contributed by atoms with Crippen molar-refractivity contribution in [1.29, 1.82) is 0 Å². The van der Waals surface area contributed by atoms with Gasteiger partial charge in [-0.2, -0.15) is 5.10 Å². The molecular weight excluding hydrogens is 386 g/mol. The van der Waals surface area contributed by atoms with Gasteiger partial charge in [0.05, 0.1) is 6.21 Å². The summed E-state index contributed by atoms with van der Waals surface area (Å²) >= 11 is 5.37. The monoisotopic (exact) mass is 407 g/mol. The molecule has 0 aliphatic heterocycles. The van der Waals surface area contributed by atoms with Gasteiger partial charge in [0.15, 0.2) is 0 Å². The van der Waals surface area contributed by atoms with E-state index in [1.807, 2.05) is 78.9 Å². The lowest BCUT2D eigenvalue weighted by Gasteiger charge is -2.25. The fourth-order valence-electron chi connectivity index (χ4n) is 3.13. The molecule has 4 aromatic rings. The third-order valence-electron chi connectivity index (χ3n) is 4.60. The van der Waals surface area contributed by atoms with E-state index in [-0.39, 0.29) is 0 Å². The summed E-state index contributed by atoms with van der Waals surface area (Å²) in [4.78, 5) is 2.83. The van der Waals surface area contributed by atoms with Crippen molar-refractivity contribution in [2.75, 3.05) is 4.90 Å². The van der Waals surface area contributed by atoms with E-state index in [2.05, 4.69) is 51.8 Å². The van der Waals surface area contributed by atoms with Crippen molar-refractivity contribution in [3.8, 4) is 0 Å². The number of nitrogens with one attached hydrogen (secondary N) is 1. The molecule has 0 bridgehead atoms. The second-order valence-electron chi connectivity index (χ2n) is 6.66. The van der Waals surface area contributed by atoms with Gasteiger partial charge in [-0.1, -0.05) is 91.1 Å². The Bertz CT molecular complexity index is 1070. The molecule has 4 aromatic carbocycles. The molecule has 0 unspecified atom stereocenters. The Morgan fingerprint density at radius 3 is 1.63 bits per heavy atom. The second-order valence-corrected chi connectivity index (χ2v) is 7.07. The van der Waals surface area contributed by atoms with Gasteiger partial charge in [-0.15, -0.1) is 0 Å². The highest BCUT2D eigenvalue weighted by Gasteiger charge is 2.11. The molecule has 0 saturated carbocycles. The largest absolute Gasteiger partial charge is 0.311 e. The van der Waals surface area contributed by atoms with E-state index in [9.17, 15) is 0 Å². The molecule has 0 fully saturated rings. The van der Waals surface area contributed by atoms with Gasteiger partial charge in [0.25, 0.3) is 0 Å². The third-order valence-corrected chi connectivity index (χ3v) is 4.92. The van der Waals surface area contributed by atoms with Crippen LogP contribution in [0.2, 0.25) is 0 Å². The van der Waals surface area contributed by atoms with E-state index in [4.69, 9.17) is 12.2 Å². The molecule has 4 rings (SSSR count). The maximum Gasteiger partial charge on any atom is 0.126 e. The molecule has 30 heavy (non-hydrogen) atoms. The standard InChI is InChI=1S/C26H21N3S/c30-26(22-10-4-1-5-11-22)28-27-20-21-16-18-25(19-17-21)29(23-12-6-2-7-13-23)24-14-8-3-9-15-24/h1-20H,(H,28,30)/b27-20+. The second kappa shape index (κ2) is 9.63. The van der Waals surface area contributed by atoms with Gasteiger partial charge in [-0.25, -0.2) is 0 Å². The number of hydrogen-bond donors (Lipinski definition) is 1. The third kappa shape index (κ3) is 4.80. The van der Waals surface area contributed by atoms with Crippen LogP contribution in [0.1, 0.15) is 11.1 Å². The minimum Gasteiger partial charge on any atom is -0.311 e. The van der Waals surface area contributed by atoms with Crippen molar-refractivity contribution in [2.24, 2.45) is 5.10 Å². The van der Waals surface area contributed by atoms with Gasteiger partial charge in [-0.3, -0.25) is 5.43 Å². The van der Waals surface area contributed by atoms with Crippen molar-refractivity contribution in [1.82, 2.24) is 5.43 Å². The first-order valence-corrected chi connectivity index (χ1v) is 10.1. The van der Waals surface area contributed by atoms with Crippen molar-refractivity contribution >= 4 is 40.5 Å². The van der Waals surface area contributed by atoms with E-state index >= 15 is 0 Å². The summed E-state index contributed by atoms with van der Waals surface area (Å²) in [6.07, 6.45) is 1.77. The first kappa shape index (κ1) is 19.6. The minimum atomic E-state index is 0.600. The summed E-state index contributed by atoms with van der Waals surface area (Å²) < 4.78 is 0. The van der Waals surface area contributed by atoms with Crippen LogP contribution in [-0.2, 0) is 0 Å². The number of rotatable bonds is 6. The molecular formula is C26H21N3S. The molecule has 0 spiro atoms. The first-order valence-electron chi connectivity index (χ1n) is 9.70. The lowest BCUT2D eigenvalue weighted by Crippen LogP contribution is -2.16. The molecule has 146 valence electrons. The number of nitrogens with zero attached hydrogens (tertiary/aromatic N) is 2. The topological polar surface area (TPSA) is 27.6 Å². The molecule has 1 N–H and O–H groups in total. The molecule has 3 nitrogen and oxygen atoms in total. The zero-order valence-electron chi connectivity index (χ0n) is 16.3. The zero-order chi connectivity index (χ0) is 20.6. The Hall–Kier alpha value is -3.76. The normalized spacial score (nSPS) is 10.7. The van der Waals surface area contributed by atoms with Gasteiger partial charge < -0.3 is 4.90 Å². The smallest absolute Gasteiger partial charge is 0.126 e. The van der Waals surface area contributed by atoms with Crippen LogP contribution in [0, 0.1) is 0 Å². The predicted molar refractivity (Wildman–Crippen MR) is 130 cm³/mol. The average Bonchev–Trinajstić information content (AvgIpc) is 2.82. The quantitative estimate of drug-likeness (QED) is 0.226. The van der Waals surface area contributed by atoms with E-state index in [1.165, 1.54) is 0 Å². The van der Waals surface area contributed by atoms with E-state index in [0.29, 0.717) is 4.99 Å². The fraction of sp³-hybridized carbons (Fsp3) is 0. The number of benzene rings is 4. The highest BCUT2D eigenvalue weighted by molar-refractivity contribution is 7.80. The average molecular weight is 408 g/mol. The molecule has 0 aliphatic carbocycles. The number of anilines is 3. The highest BCUT2D eigenvalue weighted by atomic mass is 32.1. The summed E-state index contributed by atoms with van der Waals surface area (Å²) in [5, 5.41) is 4.28. The van der Waals surface area contributed by atoms with Gasteiger partial charge in [0.1, 0.15) is 4.99 Å². The Labute approximate surface area is 182 Å². The van der Waals surface area contributed by atoms with Crippen molar-refractivity contribution in [3.05, 3.63) is 126 Å². The van der Waals surface area contributed by atoms with Gasteiger partial charge in [0, 0.05) is 22.6 Å². The van der Waals surface area contributed by atoms with Crippen LogP contribution in [0.25, 0.3) is 0 Å². The van der Waals surface area contributed by atoms with Crippen LogP contribution >= 0.6 is 12.2 Å². The number of para-hydroxylation sites is 2. The summed E-state index contributed by atoms with van der Waals surface area (Å²) in [6.45, 7) is 0. The maximum absolute atomic E-state index is 5.37. The Morgan fingerprint density at radius 1 is 0.633 bits per heavy atom. The molecule has 0 saturated heterocycles. The van der Waals surface area contributed by atoms with Gasteiger partial charge in [0.2, 0.25) is 0 Å². The molecule has 0 atom stereocenters. The van der Waals surface area contributed by atoms with Crippen LogP contribution in [0.5, 0.6) is 0 Å². The van der Waals surface area contributed by atoms with Crippen molar-refractivity contribution in [2.45, 2.75) is 0 Å². The Morgan fingerprint density at radius 2 is 1.10 bits per heavy atom. The molecule has 0 aromatic heterocycles. The maximum atomic E-state index is 5.37. The zero-order valence-corrected chi connectivity index (χ0v) is 17.2. The predicted octanol–water partition coefficient (Wildman–Crippen LogP) is 6.46. The molecule has 0 heterocycles. The molecule has 0 aliphatic rings. The highest BCUT2D eigenvalue weighted by Crippen LogP contribution is 2.33. The Balaban J connectivity index is 1.52. The van der Waals surface area contributed by atoms with Gasteiger partial charge >= 0.3 is 0 Å². The first-order chi connectivity index (χ1) is 14.8. The van der Waals surface area contributed by atoms with Crippen molar-refractivity contribution in [3.63, 3.8) is 0 Å². The van der Waals surface area contributed by atoms with E-state index < -0.39 is 0 Å². The summed E-state index contributed by atoms with van der Waals surface area (Å²) in [6, 6.07) is 38.8.